The summed E-state index contributed by atoms with van der Waals surface area (Å²) in [5.74, 6) is -1.96. The van der Waals surface area contributed by atoms with Crippen molar-refractivity contribution < 1.29 is 28.4 Å². The molecule has 0 N–H and O–H groups in total. The number of rotatable bonds is 2. The summed E-state index contributed by atoms with van der Waals surface area (Å²) in [7, 11) is 0. The van der Waals surface area contributed by atoms with E-state index in [1.807, 2.05) is 41.5 Å². The maximum absolute atomic E-state index is 6.14. The van der Waals surface area contributed by atoms with E-state index in [0.29, 0.717) is 13.2 Å². The Morgan fingerprint density at radius 1 is 0.714 bits per heavy atom. The number of fused-ring (bicyclic) bond motifs is 1. The first-order chi connectivity index (χ1) is 9.54. The van der Waals surface area contributed by atoms with Gasteiger partial charge in [0.1, 0.15) is 17.8 Å². The molecule has 0 aliphatic carbocycles. The van der Waals surface area contributed by atoms with E-state index in [-0.39, 0.29) is 12.2 Å². The van der Waals surface area contributed by atoms with Gasteiger partial charge in [0.2, 0.25) is 5.79 Å². The van der Waals surface area contributed by atoms with Crippen molar-refractivity contribution in [2.75, 3.05) is 13.2 Å². The van der Waals surface area contributed by atoms with Gasteiger partial charge in [0, 0.05) is 0 Å². The third-order valence-corrected chi connectivity index (χ3v) is 4.98. The molecule has 4 atom stereocenters. The van der Waals surface area contributed by atoms with Crippen LogP contribution in [0.5, 0.6) is 0 Å². The van der Waals surface area contributed by atoms with Crippen LogP contribution in [0.2, 0.25) is 0 Å². The highest BCUT2D eigenvalue weighted by Gasteiger charge is 2.95. The van der Waals surface area contributed by atoms with Crippen LogP contribution in [0.3, 0.4) is 0 Å². The summed E-state index contributed by atoms with van der Waals surface area (Å²) in [6.07, 6.45) is -0.406. The molecule has 0 radical (unpaired) electrons. The van der Waals surface area contributed by atoms with E-state index in [0.717, 1.165) is 0 Å². The first kappa shape index (κ1) is 14.4. The Morgan fingerprint density at radius 3 is 1.67 bits per heavy atom. The summed E-state index contributed by atoms with van der Waals surface area (Å²) in [5.41, 5.74) is -0.959. The van der Waals surface area contributed by atoms with Gasteiger partial charge in [0.25, 0.3) is 0 Å². The van der Waals surface area contributed by atoms with Gasteiger partial charge in [-0.1, -0.05) is 0 Å². The molecule has 0 aromatic carbocycles. The minimum Gasteiger partial charge on any atom is -0.348 e. The highest BCUT2D eigenvalue weighted by Crippen LogP contribution is 2.72. The molecule has 0 unspecified atom stereocenters. The van der Waals surface area contributed by atoms with E-state index in [1.165, 1.54) is 0 Å². The van der Waals surface area contributed by atoms with Crippen LogP contribution in [0.25, 0.3) is 0 Å². The molecule has 4 aliphatic rings. The molecular weight excluding hydrogens is 276 g/mol. The fraction of sp³-hybridized carbons (Fsp3) is 1.00. The van der Waals surface area contributed by atoms with Crippen LogP contribution >= 0.6 is 0 Å². The smallest absolute Gasteiger partial charge is 0.234 e. The molecule has 6 heteroatoms. The molecule has 4 saturated heterocycles. The molecule has 21 heavy (non-hydrogen) atoms. The molecule has 0 aromatic rings. The molecule has 120 valence electrons. The van der Waals surface area contributed by atoms with Gasteiger partial charge in [-0.3, -0.25) is 0 Å². The van der Waals surface area contributed by atoms with Crippen molar-refractivity contribution in [3.05, 3.63) is 0 Å². The second kappa shape index (κ2) is 3.63. The Bertz CT molecular complexity index is 487. The zero-order valence-electron chi connectivity index (χ0n) is 13.5. The zero-order chi connectivity index (χ0) is 15.3. The molecule has 0 bridgehead atoms. The minimum atomic E-state index is -0.765. The second-order valence-electron chi connectivity index (χ2n) is 7.75. The lowest BCUT2D eigenvalue weighted by molar-refractivity contribution is -0.277. The molecule has 0 saturated carbocycles. The van der Waals surface area contributed by atoms with Crippen LogP contribution in [0.15, 0.2) is 0 Å². The highest BCUT2D eigenvalue weighted by molar-refractivity contribution is 5.34. The molecule has 0 aromatic heterocycles. The fourth-order valence-corrected chi connectivity index (χ4v) is 4.07. The summed E-state index contributed by atoms with van der Waals surface area (Å²) in [6.45, 7) is 12.6. The van der Waals surface area contributed by atoms with E-state index in [1.54, 1.807) is 0 Å². The van der Waals surface area contributed by atoms with Gasteiger partial charge in [-0.25, -0.2) is 0 Å². The predicted octanol–water partition coefficient (Wildman–Crippen LogP) is 1.56. The van der Waals surface area contributed by atoms with Gasteiger partial charge in [-0.2, -0.15) is 0 Å². The maximum atomic E-state index is 6.14. The lowest BCUT2D eigenvalue weighted by Gasteiger charge is -2.48. The lowest BCUT2D eigenvalue weighted by atomic mass is 9.73. The summed E-state index contributed by atoms with van der Waals surface area (Å²) in [4.78, 5) is 0. The van der Waals surface area contributed by atoms with Crippen molar-refractivity contribution >= 4 is 0 Å². The summed E-state index contributed by atoms with van der Waals surface area (Å²) in [5, 5.41) is 0. The van der Waals surface area contributed by atoms with Crippen molar-refractivity contribution in [1.82, 2.24) is 0 Å². The quantitative estimate of drug-likeness (QED) is 0.721. The van der Waals surface area contributed by atoms with Crippen LogP contribution in [0.1, 0.15) is 41.5 Å². The number of hydrogen-bond donors (Lipinski definition) is 0. The Morgan fingerprint density at radius 2 is 1.24 bits per heavy atom. The SMILES string of the molecule is CC1(C)OC[C@H]([C@]23OC(C)(C)[C@@]2([C@H]2COC(C)(C)O2)O3)O1. The van der Waals surface area contributed by atoms with Gasteiger partial charge in [0.05, 0.1) is 13.2 Å². The van der Waals surface area contributed by atoms with Crippen LogP contribution in [0, 0.1) is 0 Å². The third-order valence-electron chi connectivity index (χ3n) is 4.98. The topological polar surface area (TPSA) is 58.7 Å². The Labute approximate surface area is 125 Å². The average molecular weight is 300 g/mol. The number of ether oxygens (including phenoxy) is 6. The van der Waals surface area contributed by atoms with Crippen molar-refractivity contribution in [1.29, 1.82) is 0 Å². The van der Waals surface area contributed by atoms with Gasteiger partial charge >= 0.3 is 0 Å². The summed E-state index contributed by atoms with van der Waals surface area (Å²) in [6, 6.07) is 0. The van der Waals surface area contributed by atoms with E-state index >= 15 is 0 Å². The summed E-state index contributed by atoms with van der Waals surface area (Å²) < 4.78 is 35.6. The van der Waals surface area contributed by atoms with Crippen molar-refractivity contribution in [2.24, 2.45) is 0 Å². The van der Waals surface area contributed by atoms with E-state index in [4.69, 9.17) is 28.4 Å². The van der Waals surface area contributed by atoms with Gasteiger partial charge < -0.3 is 28.4 Å². The van der Waals surface area contributed by atoms with Crippen molar-refractivity contribution in [2.45, 2.75) is 82.3 Å². The van der Waals surface area contributed by atoms with Gasteiger partial charge in [0.15, 0.2) is 17.2 Å². The van der Waals surface area contributed by atoms with E-state index in [2.05, 4.69) is 0 Å². The monoisotopic (exact) mass is 300 g/mol. The largest absolute Gasteiger partial charge is 0.348 e. The Balaban J connectivity index is 1.60. The summed E-state index contributed by atoms with van der Waals surface area (Å²) >= 11 is 0. The minimum absolute atomic E-state index is 0.163. The van der Waals surface area contributed by atoms with Crippen LogP contribution in [-0.2, 0) is 28.4 Å². The normalized spacial score (nSPS) is 52.3. The van der Waals surface area contributed by atoms with E-state index < -0.39 is 28.6 Å². The molecule has 4 fully saturated rings. The molecule has 0 amide bonds. The van der Waals surface area contributed by atoms with Crippen molar-refractivity contribution in [3.63, 3.8) is 0 Å². The first-order valence-corrected chi connectivity index (χ1v) is 7.58. The van der Waals surface area contributed by atoms with Gasteiger partial charge in [-0.05, 0) is 41.5 Å². The van der Waals surface area contributed by atoms with Crippen LogP contribution < -0.4 is 0 Å². The molecule has 4 rings (SSSR count). The Hall–Kier alpha value is -0.240. The predicted molar refractivity (Wildman–Crippen MR) is 71.5 cm³/mol. The molecular formula is C15H24O6. The van der Waals surface area contributed by atoms with E-state index in [9.17, 15) is 0 Å². The Kier molecular flexibility index (Phi) is 2.48. The number of epoxide rings is 1. The highest BCUT2D eigenvalue weighted by atomic mass is 16.9. The standard InChI is InChI=1S/C15H24O6/c1-11(2)14(9-7-16-12(3,4)18-9)15(20-11,21-14)10-8-17-13(5,6)19-10/h9-10H,7-8H2,1-6H3/t9-,10-,14-,15-/m1/s1. The molecule has 6 nitrogen and oxygen atoms in total. The van der Waals surface area contributed by atoms with Crippen LogP contribution in [0.4, 0.5) is 0 Å². The third kappa shape index (κ3) is 1.63. The first-order valence-electron chi connectivity index (χ1n) is 7.58. The molecule has 4 aliphatic heterocycles. The van der Waals surface area contributed by atoms with Gasteiger partial charge in [-0.15, -0.1) is 0 Å². The average Bonchev–Trinajstić information content (AvgIpc) is 2.59. The fourth-order valence-electron chi connectivity index (χ4n) is 4.07. The molecule has 4 heterocycles. The lowest BCUT2D eigenvalue weighted by Crippen LogP contribution is -2.70. The second-order valence-corrected chi connectivity index (χ2v) is 7.75. The zero-order valence-corrected chi connectivity index (χ0v) is 13.5. The van der Waals surface area contributed by atoms with Crippen LogP contribution in [-0.4, -0.2) is 54.0 Å². The number of hydrogen-bond acceptors (Lipinski definition) is 6. The van der Waals surface area contributed by atoms with Crippen molar-refractivity contribution in [3.8, 4) is 0 Å². The molecule has 0 spiro atoms. The maximum Gasteiger partial charge on any atom is 0.234 e.